The molecule has 1 N–H and O–H groups in total. The van der Waals surface area contributed by atoms with Crippen LogP contribution in [0.2, 0.25) is 0 Å². The molecular formula is C16H30N2O2. The lowest BCUT2D eigenvalue weighted by Gasteiger charge is -2.30. The number of nitrogens with zero attached hydrogens (tertiary/aromatic N) is 1. The highest BCUT2D eigenvalue weighted by molar-refractivity contribution is 5.80. The van der Waals surface area contributed by atoms with Crippen LogP contribution >= 0.6 is 0 Å². The van der Waals surface area contributed by atoms with E-state index in [1.165, 1.54) is 45.6 Å². The molecule has 4 heteroatoms. The molecule has 0 aromatic heterocycles. The molecule has 2 rings (SSSR count). The fourth-order valence-corrected chi connectivity index (χ4v) is 3.35. The Kier molecular flexibility index (Phi) is 5.44. The van der Waals surface area contributed by atoms with Crippen molar-refractivity contribution in [1.82, 2.24) is 10.2 Å². The van der Waals surface area contributed by atoms with Crippen molar-refractivity contribution in [3.05, 3.63) is 0 Å². The number of rotatable bonds is 8. The number of carbonyl (C=O) groups is 1. The second kappa shape index (κ2) is 6.90. The molecule has 2 aliphatic carbocycles. The lowest BCUT2D eigenvalue weighted by Crippen LogP contribution is -2.51. The van der Waals surface area contributed by atoms with E-state index < -0.39 is 5.54 Å². The van der Waals surface area contributed by atoms with Crippen molar-refractivity contribution < 1.29 is 9.53 Å². The van der Waals surface area contributed by atoms with Crippen molar-refractivity contribution >= 4 is 5.97 Å². The largest absolute Gasteiger partial charge is 0.468 e. The Labute approximate surface area is 123 Å². The average Bonchev–Trinajstić information content (AvgIpc) is 3.07. The van der Waals surface area contributed by atoms with Crippen LogP contribution in [0.25, 0.3) is 0 Å². The van der Waals surface area contributed by atoms with Crippen LogP contribution in [0.4, 0.5) is 0 Å². The quantitative estimate of drug-likeness (QED) is 0.694. The first-order chi connectivity index (χ1) is 9.55. The molecule has 0 heterocycles. The Morgan fingerprint density at radius 1 is 1.30 bits per heavy atom. The molecule has 0 amide bonds. The summed E-state index contributed by atoms with van der Waals surface area (Å²) in [4.78, 5) is 14.5. The third-order valence-electron chi connectivity index (χ3n) is 4.87. The van der Waals surface area contributed by atoms with Gasteiger partial charge in [-0.3, -0.25) is 10.1 Å². The maximum Gasteiger partial charge on any atom is 0.325 e. The van der Waals surface area contributed by atoms with Crippen LogP contribution < -0.4 is 5.32 Å². The van der Waals surface area contributed by atoms with E-state index in [0.717, 1.165) is 25.4 Å². The van der Waals surface area contributed by atoms with Gasteiger partial charge < -0.3 is 9.64 Å². The van der Waals surface area contributed by atoms with Crippen molar-refractivity contribution in [1.29, 1.82) is 0 Å². The molecule has 0 saturated heterocycles. The lowest BCUT2D eigenvalue weighted by atomic mass is 9.95. The maximum absolute atomic E-state index is 12.0. The molecule has 0 radical (unpaired) electrons. The van der Waals surface area contributed by atoms with Crippen molar-refractivity contribution in [3.63, 3.8) is 0 Å². The van der Waals surface area contributed by atoms with Gasteiger partial charge in [-0.05, 0) is 59.0 Å². The standard InChI is InChI=1S/C16H30N2O2/c1-16(15(19)20-3,17-13-9-10-13)11-6-12-18(2)14-7-4-5-8-14/h13-14,17H,4-12H2,1-3H3. The Morgan fingerprint density at radius 3 is 2.50 bits per heavy atom. The van der Waals surface area contributed by atoms with Crippen LogP contribution in [0, 0.1) is 0 Å². The van der Waals surface area contributed by atoms with Gasteiger partial charge in [0.05, 0.1) is 7.11 Å². The molecule has 0 aliphatic heterocycles. The molecule has 2 fully saturated rings. The Bertz CT molecular complexity index is 324. The molecular weight excluding hydrogens is 252 g/mol. The molecule has 0 aromatic rings. The van der Waals surface area contributed by atoms with E-state index in [1.807, 2.05) is 6.92 Å². The summed E-state index contributed by atoms with van der Waals surface area (Å²) in [5.41, 5.74) is -0.508. The van der Waals surface area contributed by atoms with E-state index in [1.54, 1.807) is 0 Å². The number of nitrogens with one attached hydrogen (secondary N) is 1. The highest BCUT2D eigenvalue weighted by Gasteiger charge is 2.39. The highest BCUT2D eigenvalue weighted by Crippen LogP contribution is 2.26. The Balaban J connectivity index is 1.77. The summed E-state index contributed by atoms with van der Waals surface area (Å²) < 4.78 is 4.99. The van der Waals surface area contributed by atoms with Gasteiger partial charge in [0.1, 0.15) is 5.54 Å². The van der Waals surface area contributed by atoms with E-state index in [2.05, 4.69) is 17.3 Å². The molecule has 0 spiro atoms. The topological polar surface area (TPSA) is 41.6 Å². The maximum atomic E-state index is 12.0. The highest BCUT2D eigenvalue weighted by atomic mass is 16.5. The smallest absolute Gasteiger partial charge is 0.325 e. The van der Waals surface area contributed by atoms with Crippen molar-refractivity contribution in [3.8, 4) is 0 Å². The van der Waals surface area contributed by atoms with Gasteiger partial charge in [0.25, 0.3) is 0 Å². The van der Waals surface area contributed by atoms with Crippen LogP contribution in [0.1, 0.15) is 58.3 Å². The van der Waals surface area contributed by atoms with E-state index in [4.69, 9.17) is 4.74 Å². The van der Waals surface area contributed by atoms with Gasteiger partial charge in [-0.15, -0.1) is 0 Å². The molecule has 0 aromatic carbocycles. The van der Waals surface area contributed by atoms with Crippen LogP contribution in [-0.4, -0.2) is 49.2 Å². The number of carbonyl (C=O) groups excluding carboxylic acids is 1. The molecule has 20 heavy (non-hydrogen) atoms. The SMILES string of the molecule is COC(=O)C(C)(CCCN(C)C1CCCC1)NC1CC1. The molecule has 2 saturated carbocycles. The fraction of sp³-hybridized carbons (Fsp3) is 0.938. The molecule has 2 aliphatic rings. The molecule has 1 unspecified atom stereocenters. The fourth-order valence-electron chi connectivity index (χ4n) is 3.35. The van der Waals surface area contributed by atoms with E-state index >= 15 is 0 Å². The summed E-state index contributed by atoms with van der Waals surface area (Å²) in [6, 6.07) is 1.28. The van der Waals surface area contributed by atoms with Gasteiger partial charge in [0, 0.05) is 12.1 Å². The van der Waals surface area contributed by atoms with Crippen molar-refractivity contribution in [2.75, 3.05) is 20.7 Å². The summed E-state index contributed by atoms with van der Waals surface area (Å²) in [7, 11) is 3.71. The minimum Gasteiger partial charge on any atom is -0.468 e. The van der Waals surface area contributed by atoms with Crippen LogP contribution in [0.5, 0.6) is 0 Å². The summed E-state index contributed by atoms with van der Waals surface area (Å²) in [6.07, 6.45) is 9.70. The third kappa shape index (κ3) is 4.19. The van der Waals surface area contributed by atoms with Crippen LogP contribution in [-0.2, 0) is 9.53 Å². The van der Waals surface area contributed by atoms with Gasteiger partial charge >= 0.3 is 5.97 Å². The van der Waals surface area contributed by atoms with Crippen LogP contribution in [0.3, 0.4) is 0 Å². The second-order valence-electron chi connectivity index (χ2n) is 6.76. The van der Waals surface area contributed by atoms with Gasteiger partial charge in [0.2, 0.25) is 0 Å². The minimum absolute atomic E-state index is 0.118. The average molecular weight is 282 g/mol. The minimum atomic E-state index is -0.508. The molecule has 1 atom stereocenters. The monoisotopic (exact) mass is 282 g/mol. The molecule has 116 valence electrons. The Hall–Kier alpha value is -0.610. The Morgan fingerprint density at radius 2 is 1.95 bits per heavy atom. The summed E-state index contributed by atoms with van der Waals surface area (Å²) in [6.45, 7) is 3.07. The molecule has 0 bridgehead atoms. The first-order valence-electron chi connectivity index (χ1n) is 8.11. The predicted octanol–water partition coefficient (Wildman–Crippen LogP) is 2.32. The number of esters is 1. The normalized spacial score (nSPS) is 23.0. The second-order valence-corrected chi connectivity index (χ2v) is 6.76. The van der Waals surface area contributed by atoms with Gasteiger partial charge in [0.15, 0.2) is 0 Å². The zero-order chi connectivity index (χ0) is 14.6. The van der Waals surface area contributed by atoms with E-state index in [-0.39, 0.29) is 5.97 Å². The summed E-state index contributed by atoms with van der Waals surface area (Å²) >= 11 is 0. The third-order valence-corrected chi connectivity index (χ3v) is 4.87. The number of hydrogen-bond donors (Lipinski definition) is 1. The molecule has 4 nitrogen and oxygen atoms in total. The predicted molar refractivity (Wildman–Crippen MR) is 80.7 cm³/mol. The van der Waals surface area contributed by atoms with Gasteiger partial charge in [-0.25, -0.2) is 0 Å². The van der Waals surface area contributed by atoms with Gasteiger partial charge in [-0.2, -0.15) is 0 Å². The lowest BCUT2D eigenvalue weighted by molar-refractivity contribution is -0.148. The first-order valence-corrected chi connectivity index (χ1v) is 8.11. The number of ether oxygens (including phenoxy) is 1. The first kappa shape index (κ1) is 15.8. The summed E-state index contributed by atoms with van der Waals surface area (Å²) in [5, 5.41) is 3.47. The zero-order valence-electron chi connectivity index (χ0n) is 13.3. The summed E-state index contributed by atoms with van der Waals surface area (Å²) in [5.74, 6) is -0.118. The van der Waals surface area contributed by atoms with Crippen molar-refractivity contribution in [2.45, 2.75) is 75.9 Å². The number of hydrogen-bond acceptors (Lipinski definition) is 4. The number of methoxy groups -OCH3 is 1. The van der Waals surface area contributed by atoms with Crippen molar-refractivity contribution in [2.24, 2.45) is 0 Å². The van der Waals surface area contributed by atoms with E-state index in [9.17, 15) is 4.79 Å². The van der Waals surface area contributed by atoms with Gasteiger partial charge in [-0.1, -0.05) is 12.8 Å². The van der Waals surface area contributed by atoms with Crippen LogP contribution in [0.15, 0.2) is 0 Å². The zero-order valence-corrected chi connectivity index (χ0v) is 13.3. The van der Waals surface area contributed by atoms with E-state index in [0.29, 0.717) is 6.04 Å².